The molecule has 1 heterocycles. The fourth-order valence-electron chi connectivity index (χ4n) is 2.53. The second-order valence-corrected chi connectivity index (χ2v) is 7.82. The van der Waals surface area contributed by atoms with Crippen LogP contribution in [0.5, 0.6) is 5.75 Å². The summed E-state index contributed by atoms with van der Waals surface area (Å²) in [5.74, 6) is 0.923. The van der Waals surface area contributed by atoms with E-state index in [0.717, 1.165) is 6.42 Å². The first-order valence-corrected chi connectivity index (χ1v) is 10.4. The largest absolute Gasteiger partial charge is 0.497 e. The lowest BCUT2D eigenvalue weighted by Crippen LogP contribution is -2.30. The van der Waals surface area contributed by atoms with Gasteiger partial charge in [-0.25, -0.2) is 4.98 Å². The van der Waals surface area contributed by atoms with E-state index >= 15 is 0 Å². The van der Waals surface area contributed by atoms with Crippen molar-refractivity contribution in [1.82, 2.24) is 14.9 Å². The Morgan fingerprint density at radius 2 is 2.10 bits per heavy atom. The molecule has 0 saturated heterocycles. The Hall–Kier alpha value is -2.52. The zero-order valence-electron chi connectivity index (χ0n) is 17.0. The smallest absolute Gasteiger partial charge is 0.240 e. The number of hydrogen-bond donors (Lipinski definition) is 3. The fourth-order valence-corrected chi connectivity index (χ4v) is 3.33. The Kier molecular flexibility index (Phi) is 9.01. The maximum absolute atomic E-state index is 12.3. The van der Waals surface area contributed by atoms with Gasteiger partial charge in [-0.05, 0) is 24.5 Å². The molecule has 29 heavy (non-hydrogen) atoms. The van der Waals surface area contributed by atoms with Crippen LogP contribution < -0.4 is 15.4 Å². The number of nitrogens with zero attached hydrogens (tertiary/aromatic N) is 2. The highest BCUT2D eigenvalue weighted by molar-refractivity contribution is 7.99. The molecule has 0 spiro atoms. The van der Waals surface area contributed by atoms with Gasteiger partial charge in [-0.1, -0.05) is 31.7 Å². The van der Waals surface area contributed by atoms with Crippen LogP contribution in [-0.2, 0) is 22.7 Å². The normalized spacial score (nSPS) is 10.8. The van der Waals surface area contributed by atoms with E-state index in [9.17, 15) is 14.7 Å². The maximum Gasteiger partial charge on any atom is 0.240 e. The highest BCUT2D eigenvalue weighted by atomic mass is 32.2. The predicted octanol–water partition coefficient (Wildman–Crippen LogP) is 2.28. The van der Waals surface area contributed by atoms with Crippen molar-refractivity contribution in [3.05, 3.63) is 36.2 Å². The van der Waals surface area contributed by atoms with Crippen LogP contribution >= 0.6 is 11.8 Å². The summed E-state index contributed by atoms with van der Waals surface area (Å²) in [6, 6.07) is 7.09. The molecular weight excluding hydrogens is 392 g/mol. The Morgan fingerprint density at radius 1 is 1.31 bits per heavy atom. The Balaban J connectivity index is 1.93. The number of ether oxygens (including phenoxy) is 1. The molecule has 0 saturated carbocycles. The minimum absolute atomic E-state index is 0.0494. The van der Waals surface area contributed by atoms with Gasteiger partial charge in [0, 0.05) is 18.3 Å². The minimum atomic E-state index is -0.233. The Morgan fingerprint density at radius 3 is 2.79 bits per heavy atom. The van der Waals surface area contributed by atoms with E-state index in [1.54, 1.807) is 35.9 Å². The number of aliphatic hydroxyl groups excluding tert-OH is 1. The molecule has 2 amide bonds. The van der Waals surface area contributed by atoms with Crippen molar-refractivity contribution in [2.45, 2.75) is 38.6 Å². The van der Waals surface area contributed by atoms with Gasteiger partial charge in [-0.15, -0.1) is 0 Å². The molecule has 0 bridgehead atoms. The zero-order chi connectivity index (χ0) is 21.2. The van der Waals surface area contributed by atoms with Crippen molar-refractivity contribution in [3.8, 4) is 5.75 Å². The van der Waals surface area contributed by atoms with Gasteiger partial charge in [-0.2, -0.15) is 0 Å². The number of methoxy groups -OCH3 is 1. The molecule has 3 N–H and O–H groups in total. The van der Waals surface area contributed by atoms with Crippen LogP contribution in [0.4, 0.5) is 5.69 Å². The Bertz CT molecular complexity index is 823. The van der Waals surface area contributed by atoms with Crippen LogP contribution in [0.15, 0.2) is 35.6 Å². The number of carbonyl (C=O) groups excluding carboxylic acids is 2. The molecule has 2 rings (SSSR count). The van der Waals surface area contributed by atoms with Gasteiger partial charge in [0.25, 0.3) is 0 Å². The molecule has 1 aromatic carbocycles. The van der Waals surface area contributed by atoms with Crippen LogP contribution in [-0.4, -0.2) is 45.9 Å². The summed E-state index contributed by atoms with van der Waals surface area (Å²) >= 11 is 1.21. The summed E-state index contributed by atoms with van der Waals surface area (Å²) in [7, 11) is 1.56. The average Bonchev–Trinajstić information content (AvgIpc) is 3.07. The summed E-state index contributed by atoms with van der Waals surface area (Å²) in [4.78, 5) is 28.7. The van der Waals surface area contributed by atoms with Crippen molar-refractivity contribution < 1.29 is 19.4 Å². The van der Waals surface area contributed by atoms with E-state index in [2.05, 4.69) is 29.5 Å². The third-order valence-electron chi connectivity index (χ3n) is 4.10. The number of benzene rings is 1. The third kappa shape index (κ3) is 7.43. The predicted molar refractivity (Wildman–Crippen MR) is 113 cm³/mol. The van der Waals surface area contributed by atoms with Gasteiger partial charge in [0.1, 0.15) is 12.3 Å². The van der Waals surface area contributed by atoms with E-state index in [4.69, 9.17) is 4.74 Å². The van der Waals surface area contributed by atoms with E-state index < -0.39 is 0 Å². The van der Waals surface area contributed by atoms with Gasteiger partial charge in [-0.3, -0.25) is 9.59 Å². The van der Waals surface area contributed by atoms with Crippen LogP contribution in [0.1, 0.15) is 26.0 Å². The first kappa shape index (κ1) is 22.8. The molecule has 0 aliphatic heterocycles. The van der Waals surface area contributed by atoms with Gasteiger partial charge >= 0.3 is 0 Å². The maximum atomic E-state index is 12.3. The molecular formula is C20H28N4O4S. The van der Waals surface area contributed by atoms with E-state index in [1.807, 2.05) is 0 Å². The lowest BCUT2D eigenvalue weighted by atomic mass is 10.1. The summed E-state index contributed by atoms with van der Waals surface area (Å²) in [5.41, 5.74) is 1.17. The number of rotatable bonds is 11. The minimum Gasteiger partial charge on any atom is -0.497 e. The van der Waals surface area contributed by atoms with Crippen molar-refractivity contribution in [3.63, 3.8) is 0 Å². The Labute approximate surface area is 175 Å². The molecule has 0 aliphatic rings. The fraction of sp³-hybridized carbons (Fsp3) is 0.450. The second-order valence-electron chi connectivity index (χ2n) is 6.88. The average molecular weight is 421 g/mol. The highest BCUT2D eigenvalue weighted by Gasteiger charge is 2.15. The standard InChI is InChI=1S/C20H28N4O4S/c1-14(2)7-8-21-18(26)11-24-16(12-25)10-22-20(24)29-13-19(27)23-15-5-4-6-17(9-15)28-3/h4-6,9-10,14,25H,7-8,11-13H2,1-3H3,(H,21,26)(H,23,27). The second kappa shape index (κ2) is 11.5. The summed E-state index contributed by atoms with van der Waals surface area (Å²) in [6.45, 7) is 4.61. The number of amides is 2. The third-order valence-corrected chi connectivity index (χ3v) is 5.09. The lowest BCUT2D eigenvalue weighted by Gasteiger charge is -2.12. The first-order chi connectivity index (χ1) is 13.9. The number of nitrogens with one attached hydrogen (secondary N) is 2. The molecule has 0 atom stereocenters. The molecule has 8 nitrogen and oxygen atoms in total. The van der Waals surface area contributed by atoms with Crippen LogP contribution in [0.25, 0.3) is 0 Å². The number of aromatic nitrogens is 2. The quantitative estimate of drug-likeness (QED) is 0.482. The topological polar surface area (TPSA) is 105 Å². The van der Waals surface area contributed by atoms with Crippen molar-refractivity contribution in [2.75, 3.05) is 24.7 Å². The molecule has 0 fully saturated rings. The number of anilines is 1. The molecule has 0 aliphatic carbocycles. The lowest BCUT2D eigenvalue weighted by molar-refractivity contribution is -0.121. The van der Waals surface area contributed by atoms with Crippen molar-refractivity contribution >= 4 is 29.3 Å². The van der Waals surface area contributed by atoms with Gasteiger partial charge < -0.3 is 25.0 Å². The molecule has 9 heteroatoms. The van der Waals surface area contributed by atoms with Crippen LogP contribution in [0.3, 0.4) is 0 Å². The first-order valence-electron chi connectivity index (χ1n) is 9.41. The number of thioether (sulfide) groups is 1. The van der Waals surface area contributed by atoms with Crippen LogP contribution in [0.2, 0.25) is 0 Å². The summed E-state index contributed by atoms with van der Waals surface area (Å²) in [6.07, 6.45) is 2.41. The van der Waals surface area contributed by atoms with Gasteiger partial charge in [0.2, 0.25) is 11.8 Å². The van der Waals surface area contributed by atoms with Crippen LogP contribution in [0, 0.1) is 5.92 Å². The monoisotopic (exact) mass is 420 g/mol. The van der Waals surface area contributed by atoms with Gasteiger partial charge in [0.05, 0.1) is 31.4 Å². The number of imidazole rings is 1. The summed E-state index contributed by atoms with van der Waals surface area (Å²) in [5, 5.41) is 15.7. The molecule has 0 radical (unpaired) electrons. The van der Waals surface area contributed by atoms with E-state index in [-0.39, 0.29) is 30.7 Å². The molecule has 2 aromatic rings. The van der Waals surface area contributed by atoms with E-state index in [1.165, 1.54) is 18.0 Å². The highest BCUT2D eigenvalue weighted by Crippen LogP contribution is 2.20. The van der Waals surface area contributed by atoms with Crippen molar-refractivity contribution in [1.29, 1.82) is 0 Å². The number of aliphatic hydroxyl groups is 1. The summed E-state index contributed by atoms with van der Waals surface area (Å²) < 4.78 is 6.78. The van der Waals surface area contributed by atoms with Crippen molar-refractivity contribution in [2.24, 2.45) is 5.92 Å². The molecule has 0 unspecified atom stereocenters. The number of hydrogen-bond acceptors (Lipinski definition) is 6. The number of carbonyl (C=O) groups is 2. The molecule has 1 aromatic heterocycles. The SMILES string of the molecule is COc1cccc(NC(=O)CSc2ncc(CO)n2CC(=O)NCCC(C)C)c1. The van der Waals surface area contributed by atoms with Gasteiger partial charge in [0.15, 0.2) is 5.16 Å². The molecule has 158 valence electrons. The van der Waals surface area contributed by atoms with E-state index in [0.29, 0.717) is 34.7 Å². The zero-order valence-corrected chi connectivity index (χ0v) is 17.8.